The quantitative estimate of drug-likeness (QED) is 0.642. The Morgan fingerprint density at radius 3 is 2.18 bits per heavy atom. The van der Waals surface area contributed by atoms with Gasteiger partial charge in [-0.3, -0.25) is 0 Å². The predicted octanol–water partition coefficient (Wildman–Crippen LogP) is 4.43. The van der Waals surface area contributed by atoms with Crippen molar-refractivity contribution in [3.05, 3.63) is 72.5 Å². The molecule has 0 heterocycles. The number of nitrogens with two attached hydrogens (primary N) is 1. The van der Waals surface area contributed by atoms with Gasteiger partial charge in [0.2, 0.25) is 0 Å². The molecule has 1 nitrogen and oxygen atoms in total. The first-order valence-electron chi connectivity index (χ1n) is 5.75. The van der Waals surface area contributed by atoms with E-state index in [2.05, 4.69) is 33.2 Å². The van der Waals surface area contributed by atoms with E-state index in [-0.39, 0.29) is 0 Å². The fraction of sp³-hybridized carbons (Fsp3) is 0.250. The molecular formula is C16H23N. The van der Waals surface area contributed by atoms with E-state index in [0.29, 0.717) is 5.70 Å². The highest BCUT2D eigenvalue weighted by Crippen LogP contribution is 2.18. The lowest BCUT2D eigenvalue weighted by Crippen LogP contribution is -1.93. The second-order valence-corrected chi connectivity index (χ2v) is 4.15. The van der Waals surface area contributed by atoms with Gasteiger partial charge >= 0.3 is 0 Å². The van der Waals surface area contributed by atoms with Gasteiger partial charge in [-0.15, -0.1) is 0 Å². The van der Waals surface area contributed by atoms with Crippen LogP contribution in [0.15, 0.2) is 72.5 Å². The molecule has 0 aromatic rings. The summed E-state index contributed by atoms with van der Waals surface area (Å²) in [6, 6.07) is 0. The summed E-state index contributed by atoms with van der Waals surface area (Å²) in [4.78, 5) is 0. The van der Waals surface area contributed by atoms with Crippen molar-refractivity contribution >= 4 is 0 Å². The van der Waals surface area contributed by atoms with Gasteiger partial charge in [-0.2, -0.15) is 0 Å². The van der Waals surface area contributed by atoms with Crippen LogP contribution in [0.4, 0.5) is 0 Å². The average molecular weight is 229 g/mol. The van der Waals surface area contributed by atoms with Crippen LogP contribution in [0.1, 0.15) is 26.7 Å². The van der Waals surface area contributed by atoms with Crippen molar-refractivity contribution in [2.75, 3.05) is 0 Å². The Hall–Kier alpha value is -1.76. The third-order valence-electron chi connectivity index (χ3n) is 2.36. The average Bonchev–Trinajstić information content (AvgIpc) is 2.24. The summed E-state index contributed by atoms with van der Waals surface area (Å²) in [5, 5.41) is 0. The molecule has 0 saturated carbocycles. The van der Waals surface area contributed by atoms with Crippen LogP contribution in [-0.4, -0.2) is 0 Å². The maximum absolute atomic E-state index is 5.52. The van der Waals surface area contributed by atoms with Crippen LogP contribution in [0.2, 0.25) is 0 Å². The third kappa shape index (κ3) is 6.41. The molecule has 0 aliphatic rings. The van der Waals surface area contributed by atoms with Gasteiger partial charge in [0.05, 0.1) is 0 Å². The van der Waals surface area contributed by atoms with Crippen LogP contribution in [-0.2, 0) is 0 Å². The molecule has 0 atom stereocenters. The molecule has 17 heavy (non-hydrogen) atoms. The monoisotopic (exact) mass is 229 g/mol. The molecular weight excluding hydrogens is 206 g/mol. The molecule has 2 N–H and O–H groups in total. The summed E-state index contributed by atoms with van der Waals surface area (Å²) in [6.07, 6.45) is 7.83. The number of hydrogen-bond donors (Lipinski definition) is 1. The molecule has 0 spiro atoms. The first-order valence-corrected chi connectivity index (χ1v) is 5.75. The van der Waals surface area contributed by atoms with Crippen molar-refractivity contribution in [1.29, 1.82) is 0 Å². The molecule has 92 valence electrons. The molecule has 0 aliphatic carbocycles. The molecule has 0 saturated heterocycles. The largest absolute Gasteiger partial charge is 0.399 e. The standard InChI is InChI=1S/C16H23N/c1-7-8-12(2)9-10-13(3)16(6)14(4)11-15(5)17/h9-11H,2-3,5-8,17H2,1,4H3/b10-9-,14-11-. The predicted molar refractivity (Wildman–Crippen MR) is 78.6 cm³/mol. The van der Waals surface area contributed by atoms with E-state index in [1.165, 1.54) is 0 Å². The van der Waals surface area contributed by atoms with Gasteiger partial charge in [-0.25, -0.2) is 0 Å². The Morgan fingerprint density at radius 2 is 1.71 bits per heavy atom. The van der Waals surface area contributed by atoms with Gasteiger partial charge in [0.1, 0.15) is 0 Å². The summed E-state index contributed by atoms with van der Waals surface area (Å²) in [6.45, 7) is 19.6. The lowest BCUT2D eigenvalue weighted by atomic mass is 10.00. The fourth-order valence-electron chi connectivity index (χ4n) is 1.34. The SMILES string of the molecule is C=C(N)/C=C(/C)C(=C)C(=C)/C=C\C(=C)CCC. The molecule has 0 aliphatic heterocycles. The van der Waals surface area contributed by atoms with Gasteiger partial charge in [-0.1, -0.05) is 57.4 Å². The maximum Gasteiger partial charge on any atom is 0.0243 e. The number of allylic oxidation sites excluding steroid dienone is 7. The van der Waals surface area contributed by atoms with Gasteiger partial charge < -0.3 is 5.73 Å². The van der Waals surface area contributed by atoms with Crippen molar-refractivity contribution < 1.29 is 0 Å². The minimum Gasteiger partial charge on any atom is -0.399 e. The lowest BCUT2D eigenvalue weighted by Gasteiger charge is -2.06. The topological polar surface area (TPSA) is 26.0 Å². The van der Waals surface area contributed by atoms with Crippen molar-refractivity contribution in [2.24, 2.45) is 5.73 Å². The Balaban J connectivity index is 4.58. The van der Waals surface area contributed by atoms with Gasteiger partial charge in [0, 0.05) is 5.70 Å². The molecule has 0 aromatic carbocycles. The van der Waals surface area contributed by atoms with Crippen LogP contribution in [0, 0.1) is 0 Å². The first-order chi connectivity index (χ1) is 7.88. The Kier molecular flexibility index (Phi) is 6.73. The van der Waals surface area contributed by atoms with Crippen LogP contribution in [0.3, 0.4) is 0 Å². The summed E-state index contributed by atoms with van der Waals surface area (Å²) in [5.74, 6) is 0. The van der Waals surface area contributed by atoms with E-state index < -0.39 is 0 Å². The smallest absolute Gasteiger partial charge is 0.0243 e. The minimum atomic E-state index is 0.524. The van der Waals surface area contributed by atoms with Crippen LogP contribution < -0.4 is 5.73 Å². The minimum absolute atomic E-state index is 0.524. The van der Waals surface area contributed by atoms with Crippen LogP contribution in [0.25, 0.3) is 0 Å². The zero-order chi connectivity index (χ0) is 13.4. The van der Waals surface area contributed by atoms with E-state index in [4.69, 9.17) is 5.73 Å². The highest BCUT2D eigenvalue weighted by atomic mass is 14.5. The second kappa shape index (κ2) is 7.50. The van der Waals surface area contributed by atoms with Crippen molar-refractivity contribution in [2.45, 2.75) is 26.7 Å². The second-order valence-electron chi connectivity index (χ2n) is 4.15. The van der Waals surface area contributed by atoms with E-state index in [1.807, 2.05) is 19.1 Å². The number of rotatable bonds is 7. The lowest BCUT2D eigenvalue weighted by molar-refractivity contribution is 0.929. The summed E-state index contributed by atoms with van der Waals surface area (Å²) >= 11 is 0. The highest BCUT2D eigenvalue weighted by molar-refractivity contribution is 5.50. The van der Waals surface area contributed by atoms with Gasteiger partial charge in [-0.05, 0) is 36.1 Å². The normalized spacial score (nSPS) is 11.5. The van der Waals surface area contributed by atoms with Crippen molar-refractivity contribution in [3.63, 3.8) is 0 Å². The maximum atomic E-state index is 5.52. The van der Waals surface area contributed by atoms with E-state index in [0.717, 1.165) is 35.1 Å². The fourth-order valence-corrected chi connectivity index (χ4v) is 1.34. The van der Waals surface area contributed by atoms with E-state index in [9.17, 15) is 0 Å². The van der Waals surface area contributed by atoms with Crippen LogP contribution >= 0.6 is 0 Å². The zero-order valence-corrected chi connectivity index (χ0v) is 11.1. The first kappa shape index (κ1) is 15.2. The Morgan fingerprint density at radius 1 is 1.12 bits per heavy atom. The molecule has 1 heteroatoms. The van der Waals surface area contributed by atoms with E-state index >= 15 is 0 Å². The van der Waals surface area contributed by atoms with Gasteiger partial charge in [0.15, 0.2) is 0 Å². The van der Waals surface area contributed by atoms with Crippen LogP contribution in [0.5, 0.6) is 0 Å². The van der Waals surface area contributed by atoms with E-state index in [1.54, 1.807) is 6.08 Å². The molecule has 0 bridgehead atoms. The summed E-state index contributed by atoms with van der Waals surface area (Å²) < 4.78 is 0. The summed E-state index contributed by atoms with van der Waals surface area (Å²) in [7, 11) is 0. The number of hydrogen-bond acceptors (Lipinski definition) is 1. The molecule has 0 fully saturated rings. The summed E-state index contributed by atoms with van der Waals surface area (Å²) in [5.41, 5.74) is 9.87. The van der Waals surface area contributed by atoms with Gasteiger partial charge in [0.25, 0.3) is 0 Å². The molecule has 0 amide bonds. The van der Waals surface area contributed by atoms with Crippen molar-refractivity contribution in [3.8, 4) is 0 Å². The highest BCUT2D eigenvalue weighted by Gasteiger charge is 1.99. The molecule has 0 rings (SSSR count). The molecule has 0 radical (unpaired) electrons. The molecule has 0 unspecified atom stereocenters. The van der Waals surface area contributed by atoms with Crippen molar-refractivity contribution in [1.82, 2.24) is 0 Å². The Bertz CT molecular complexity index is 392. The molecule has 0 aromatic heterocycles. The Labute approximate surface area is 105 Å². The third-order valence-corrected chi connectivity index (χ3v) is 2.36. The zero-order valence-electron chi connectivity index (χ0n) is 11.1.